The fraction of sp³-hybridized carbons (Fsp3) is 0.714. The van der Waals surface area contributed by atoms with Crippen molar-refractivity contribution in [1.82, 2.24) is 10.6 Å². The van der Waals surface area contributed by atoms with Crippen LogP contribution in [-0.2, 0) is 4.79 Å². The summed E-state index contributed by atoms with van der Waals surface area (Å²) in [6.07, 6.45) is 3.71. The summed E-state index contributed by atoms with van der Waals surface area (Å²) in [4.78, 5) is 21.9. The first-order valence-electron chi connectivity index (χ1n) is 6.73. The maximum Gasteiger partial charge on any atom is 0.315 e. The van der Waals surface area contributed by atoms with Gasteiger partial charge in [0.25, 0.3) is 0 Å². The van der Waals surface area contributed by atoms with Gasteiger partial charge in [0.2, 0.25) is 0 Å². The van der Waals surface area contributed by atoms with E-state index in [1.54, 1.807) is 6.92 Å². The Labute approximate surface area is 115 Å². The number of carbonyl (C=O) groups is 2. The zero-order valence-electron chi connectivity index (χ0n) is 11.8. The molecule has 0 heterocycles. The van der Waals surface area contributed by atoms with Crippen molar-refractivity contribution in [2.24, 2.45) is 5.92 Å². The molecule has 0 spiro atoms. The zero-order valence-corrected chi connectivity index (χ0v) is 11.8. The van der Waals surface area contributed by atoms with Crippen molar-refractivity contribution in [2.75, 3.05) is 13.1 Å². The van der Waals surface area contributed by atoms with Gasteiger partial charge >= 0.3 is 12.0 Å². The fourth-order valence-corrected chi connectivity index (χ4v) is 1.83. The van der Waals surface area contributed by atoms with E-state index < -0.39 is 5.97 Å². The van der Waals surface area contributed by atoms with Crippen molar-refractivity contribution < 1.29 is 14.7 Å². The van der Waals surface area contributed by atoms with Crippen LogP contribution in [-0.4, -0.2) is 30.2 Å². The van der Waals surface area contributed by atoms with Gasteiger partial charge in [-0.05, 0) is 25.7 Å². The molecule has 0 rings (SSSR count). The standard InChI is InChI=1S/C14H24N2O3/c1-3-5-10-15-14(19)16-11-9-12(6-4-2)7-8-13(17)18/h12H,4,6-11H2,1-2H3,(H,17,18)(H2,15,16,19). The van der Waals surface area contributed by atoms with Gasteiger partial charge in [-0.15, -0.1) is 5.92 Å². The number of aliphatic carboxylic acids is 1. The quantitative estimate of drug-likeness (QED) is 0.559. The second kappa shape index (κ2) is 11.4. The van der Waals surface area contributed by atoms with Gasteiger partial charge in [0.15, 0.2) is 0 Å². The van der Waals surface area contributed by atoms with Crippen molar-refractivity contribution in [3.63, 3.8) is 0 Å². The van der Waals surface area contributed by atoms with Gasteiger partial charge in [-0.3, -0.25) is 4.79 Å². The second-order valence-electron chi connectivity index (χ2n) is 4.41. The van der Waals surface area contributed by atoms with Crippen LogP contribution in [0.25, 0.3) is 0 Å². The Morgan fingerprint density at radius 1 is 1.21 bits per heavy atom. The highest BCUT2D eigenvalue weighted by atomic mass is 16.4. The molecule has 0 aliphatic rings. The number of nitrogens with one attached hydrogen (secondary N) is 2. The molecule has 2 amide bonds. The first-order valence-corrected chi connectivity index (χ1v) is 6.73. The Morgan fingerprint density at radius 3 is 2.53 bits per heavy atom. The summed E-state index contributed by atoms with van der Waals surface area (Å²) in [6, 6.07) is -0.226. The minimum absolute atomic E-state index is 0.197. The number of amides is 2. The van der Waals surface area contributed by atoms with Gasteiger partial charge in [-0.25, -0.2) is 4.79 Å². The van der Waals surface area contributed by atoms with E-state index in [0.29, 0.717) is 25.4 Å². The molecule has 0 aromatic heterocycles. The fourth-order valence-electron chi connectivity index (χ4n) is 1.83. The maximum absolute atomic E-state index is 11.3. The van der Waals surface area contributed by atoms with Crippen molar-refractivity contribution in [3.05, 3.63) is 0 Å². The van der Waals surface area contributed by atoms with E-state index in [4.69, 9.17) is 5.11 Å². The molecule has 108 valence electrons. The van der Waals surface area contributed by atoms with Gasteiger partial charge in [-0.1, -0.05) is 25.7 Å². The smallest absolute Gasteiger partial charge is 0.315 e. The number of carboxylic acids is 1. The largest absolute Gasteiger partial charge is 0.481 e. The Hall–Kier alpha value is -1.70. The lowest BCUT2D eigenvalue weighted by Gasteiger charge is -2.15. The molecule has 19 heavy (non-hydrogen) atoms. The molecule has 0 fully saturated rings. The van der Waals surface area contributed by atoms with Gasteiger partial charge in [0.05, 0.1) is 6.54 Å². The van der Waals surface area contributed by atoms with Crippen LogP contribution in [0.5, 0.6) is 0 Å². The molecule has 0 aliphatic carbocycles. The minimum Gasteiger partial charge on any atom is -0.481 e. The molecule has 1 atom stereocenters. The van der Waals surface area contributed by atoms with Crippen LogP contribution >= 0.6 is 0 Å². The first kappa shape index (κ1) is 17.3. The van der Waals surface area contributed by atoms with E-state index in [1.807, 2.05) is 0 Å². The average molecular weight is 268 g/mol. The highest BCUT2D eigenvalue weighted by molar-refractivity contribution is 5.74. The Morgan fingerprint density at radius 2 is 1.95 bits per heavy atom. The normalized spacial score (nSPS) is 11.1. The first-order chi connectivity index (χ1) is 9.10. The van der Waals surface area contributed by atoms with Gasteiger partial charge in [0.1, 0.15) is 0 Å². The summed E-state index contributed by atoms with van der Waals surface area (Å²) in [5.41, 5.74) is 0. The van der Waals surface area contributed by atoms with Crippen molar-refractivity contribution >= 4 is 12.0 Å². The summed E-state index contributed by atoms with van der Waals surface area (Å²) < 4.78 is 0. The van der Waals surface area contributed by atoms with Crippen LogP contribution in [0.4, 0.5) is 4.79 Å². The van der Waals surface area contributed by atoms with E-state index in [9.17, 15) is 9.59 Å². The Kier molecular flexibility index (Phi) is 10.4. The van der Waals surface area contributed by atoms with Crippen LogP contribution < -0.4 is 10.6 Å². The molecule has 0 aliphatic heterocycles. The Balaban J connectivity index is 3.80. The van der Waals surface area contributed by atoms with Gasteiger partial charge in [0, 0.05) is 13.0 Å². The summed E-state index contributed by atoms with van der Waals surface area (Å²) in [7, 11) is 0. The minimum atomic E-state index is -0.759. The SMILES string of the molecule is CC#CCNC(=O)NCCC(CCC)CCC(=O)O. The molecule has 0 bridgehead atoms. The van der Waals surface area contributed by atoms with Crippen LogP contribution in [0, 0.1) is 17.8 Å². The highest BCUT2D eigenvalue weighted by Gasteiger charge is 2.10. The van der Waals surface area contributed by atoms with E-state index in [2.05, 4.69) is 29.4 Å². The number of hydrogen-bond donors (Lipinski definition) is 3. The van der Waals surface area contributed by atoms with Crippen molar-refractivity contribution in [2.45, 2.75) is 46.0 Å². The van der Waals surface area contributed by atoms with Gasteiger partial charge < -0.3 is 15.7 Å². The zero-order chi connectivity index (χ0) is 14.5. The number of hydrogen-bond acceptors (Lipinski definition) is 2. The molecule has 0 radical (unpaired) electrons. The van der Waals surface area contributed by atoms with Crippen molar-refractivity contribution in [1.29, 1.82) is 0 Å². The topological polar surface area (TPSA) is 78.4 Å². The molecule has 5 nitrogen and oxygen atoms in total. The van der Waals surface area contributed by atoms with E-state index in [-0.39, 0.29) is 12.5 Å². The third-order valence-electron chi connectivity index (χ3n) is 2.82. The number of rotatable bonds is 9. The van der Waals surface area contributed by atoms with Crippen LogP contribution in [0.2, 0.25) is 0 Å². The van der Waals surface area contributed by atoms with E-state index in [0.717, 1.165) is 19.3 Å². The summed E-state index contributed by atoms with van der Waals surface area (Å²) in [5.74, 6) is 5.04. The van der Waals surface area contributed by atoms with Crippen LogP contribution in [0.3, 0.4) is 0 Å². The average Bonchev–Trinajstić information content (AvgIpc) is 2.36. The number of urea groups is 1. The van der Waals surface area contributed by atoms with Crippen molar-refractivity contribution in [3.8, 4) is 11.8 Å². The second-order valence-corrected chi connectivity index (χ2v) is 4.41. The molecule has 0 aromatic carbocycles. The summed E-state index contributed by atoms with van der Waals surface area (Å²) in [5, 5.41) is 14.0. The van der Waals surface area contributed by atoms with Gasteiger partial charge in [-0.2, -0.15) is 0 Å². The Bertz CT molecular complexity index is 331. The monoisotopic (exact) mass is 268 g/mol. The molecule has 0 saturated carbocycles. The number of carboxylic acid groups (broad SMARTS) is 1. The third kappa shape index (κ3) is 11.1. The lowest BCUT2D eigenvalue weighted by atomic mass is 9.94. The molecule has 5 heteroatoms. The lowest BCUT2D eigenvalue weighted by molar-refractivity contribution is -0.137. The maximum atomic E-state index is 11.3. The van der Waals surface area contributed by atoms with E-state index >= 15 is 0 Å². The molecular weight excluding hydrogens is 244 g/mol. The lowest BCUT2D eigenvalue weighted by Crippen LogP contribution is -2.36. The number of carbonyl (C=O) groups excluding carboxylic acids is 1. The van der Waals surface area contributed by atoms with Crippen LogP contribution in [0.15, 0.2) is 0 Å². The summed E-state index contributed by atoms with van der Waals surface area (Å²) in [6.45, 7) is 4.71. The molecular formula is C14H24N2O3. The third-order valence-corrected chi connectivity index (χ3v) is 2.82. The van der Waals surface area contributed by atoms with Crippen LogP contribution in [0.1, 0.15) is 46.0 Å². The molecule has 0 aromatic rings. The highest BCUT2D eigenvalue weighted by Crippen LogP contribution is 2.16. The molecule has 3 N–H and O–H groups in total. The summed E-state index contributed by atoms with van der Waals surface area (Å²) >= 11 is 0. The van der Waals surface area contributed by atoms with E-state index in [1.165, 1.54) is 0 Å². The predicted molar refractivity (Wildman–Crippen MR) is 74.7 cm³/mol. The molecule has 1 unspecified atom stereocenters. The molecule has 0 saturated heterocycles. The predicted octanol–water partition coefficient (Wildman–Crippen LogP) is 1.98.